The third kappa shape index (κ3) is 3.30. The Kier molecular flexibility index (Phi) is 4.72. The number of carbonyl (C=O) groups excluding carboxylic acids is 1. The molecule has 2 heterocycles. The first kappa shape index (κ1) is 17.7. The summed E-state index contributed by atoms with van der Waals surface area (Å²) in [5, 5.41) is 0.382. The van der Waals surface area contributed by atoms with Crippen molar-refractivity contribution >= 4 is 16.9 Å². The van der Waals surface area contributed by atoms with Gasteiger partial charge in [-0.25, -0.2) is 4.79 Å². The Morgan fingerprint density at radius 2 is 1.89 bits per heavy atom. The minimum Gasteiger partial charge on any atom is -0.452 e. The molecule has 0 amide bonds. The Labute approximate surface area is 161 Å². The number of hydrogen-bond acceptors (Lipinski definition) is 5. The van der Waals surface area contributed by atoms with Crippen LogP contribution in [0.4, 0.5) is 0 Å². The summed E-state index contributed by atoms with van der Waals surface area (Å²) in [5.74, 6) is -0.566. The Morgan fingerprint density at radius 1 is 1.07 bits per heavy atom. The van der Waals surface area contributed by atoms with Crippen LogP contribution in [0.25, 0.3) is 22.3 Å². The molecule has 0 radical (unpaired) electrons. The Morgan fingerprint density at radius 3 is 2.61 bits per heavy atom. The molecule has 0 aliphatic carbocycles. The highest BCUT2D eigenvalue weighted by atomic mass is 16.5. The maximum absolute atomic E-state index is 13.2. The van der Waals surface area contributed by atoms with Gasteiger partial charge in [0.15, 0.2) is 5.76 Å². The number of hydrogen-bond donors (Lipinski definition) is 0. The molecule has 2 aromatic heterocycles. The van der Waals surface area contributed by atoms with Crippen LogP contribution in [0.3, 0.4) is 0 Å². The Balaban J connectivity index is 1.92. The maximum atomic E-state index is 13.2. The third-order valence-electron chi connectivity index (χ3n) is 4.45. The van der Waals surface area contributed by atoms with Crippen molar-refractivity contribution in [1.29, 1.82) is 0 Å². The lowest BCUT2D eigenvalue weighted by Crippen LogP contribution is -2.16. The summed E-state index contributed by atoms with van der Waals surface area (Å²) in [6.45, 7) is 2.00. The quantitative estimate of drug-likeness (QED) is 0.489. The summed E-state index contributed by atoms with van der Waals surface area (Å²) >= 11 is 0. The third-order valence-corrected chi connectivity index (χ3v) is 4.45. The fourth-order valence-corrected chi connectivity index (χ4v) is 2.95. The monoisotopic (exact) mass is 371 g/mol. The highest BCUT2D eigenvalue weighted by molar-refractivity contribution is 5.92. The van der Waals surface area contributed by atoms with Crippen LogP contribution < -0.4 is 10.2 Å². The topological polar surface area (TPSA) is 69.4 Å². The van der Waals surface area contributed by atoms with Crippen LogP contribution in [0.1, 0.15) is 22.8 Å². The van der Waals surface area contributed by atoms with E-state index in [1.807, 2.05) is 31.2 Å². The number of nitrogens with zero attached hydrogens (tertiary/aromatic N) is 1. The van der Waals surface area contributed by atoms with Crippen molar-refractivity contribution in [2.75, 3.05) is 0 Å². The number of pyridine rings is 1. The number of rotatable bonds is 4. The summed E-state index contributed by atoms with van der Waals surface area (Å²) in [4.78, 5) is 29.7. The molecule has 28 heavy (non-hydrogen) atoms. The van der Waals surface area contributed by atoms with Crippen molar-refractivity contribution in [3.8, 4) is 17.1 Å². The van der Waals surface area contributed by atoms with Crippen molar-refractivity contribution in [2.45, 2.75) is 13.3 Å². The number of aromatic nitrogens is 1. The molecule has 0 aliphatic heterocycles. The second-order valence-electron chi connectivity index (χ2n) is 6.27. The lowest BCUT2D eigenvalue weighted by molar-refractivity contribution is 0.0731. The number of fused-ring (bicyclic) bond motifs is 1. The van der Waals surface area contributed by atoms with Crippen LogP contribution in [0, 0.1) is 0 Å². The predicted octanol–water partition coefficient (Wildman–Crippen LogP) is 4.64. The van der Waals surface area contributed by atoms with Gasteiger partial charge in [-0.2, -0.15) is 0 Å². The van der Waals surface area contributed by atoms with Gasteiger partial charge in [0, 0.05) is 18.0 Å². The Bertz CT molecular complexity index is 1200. The summed E-state index contributed by atoms with van der Waals surface area (Å²) in [5.41, 5.74) is 1.96. The zero-order valence-electron chi connectivity index (χ0n) is 15.2. The van der Waals surface area contributed by atoms with Crippen molar-refractivity contribution in [3.05, 3.63) is 94.4 Å². The first-order valence-corrected chi connectivity index (χ1v) is 8.94. The molecular weight excluding hydrogens is 354 g/mol. The SMILES string of the molecule is CCc1ccc2oc(-c3ccccc3)c(OC(=O)c3cccnc3)c(=O)c2c1. The minimum atomic E-state index is -0.663. The number of esters is 1. The van der Waals surface area contributed by atoms with Crippen LogP contribution in [-0.2, 0) is 6.42 Å². The van der Waals surface area contributed by atoms with Crippen molar-refractivity contribution < 1.29 is 13.9 Å². The first-order valence-electron chi connectivity index (χ1n) is 8.94. The van der Waals surface area contributed by atoms with Crippen LogP contribution >= 0.6 is 0 Å². The van der Waals surface area contributed by atoms with E-state index in [2.05, 4.69) is 4.98 Å². The number of carbonyl (C=O) groups is 1. The zero-order chi connectivity index (χ0) is 19.5. The molecule has 4 aromatic rings. The molecule has 0 spiro atoms. The van der Waals surface area contributed by atoms with E-state index in [0.717, 1.165) is 12.0 Å². The van der Waals surface area contributed by atoms with Gasteiger partial charge in [0.25, 0.3) is 0 Å². The lowest BCUT2D eigenvalue weighted by Gasteiger charge is -2.11. The number of benzene rings is 2. The van der Waals surface area contributed by atoms with Gasteiger partial charge < -0.3 is 9.15 Å². The molecule has 0 atom stereocenters. The number of ether oxygens (including phenoxy) is 1. The van der Waals surface area contributed by atoms with Gasteiger partial charge in [-0.05, 0) is 36.2 Å². The summed E-state index contributed by atoms with van der Waals surface area (Å²) in [6, 6.07) is 17.8. The minimum absolute atomic E-state index is 0.124. The summed E-state index contributed by atoms with van der Waals surface area (Å²) in [7, 11) is 0. The average molecular weight is 371 g/mol. The Hall–Kier alpha value is -3.73. The van der Waals surface area contributed by atoms with E-state index in [9.17, 15) is 9.59 Å². The van der Waals surface area contributed by atoms with E-state index in [1.165, 1.54) is 6.20 Å². The predicted molar refractivity (Wildman–Crippen MR) is 106 cm³/mol. The first-order chi connectivity index (χ1) is 13.7. The van der Waals surface area contributed by atoms with E-state index in [0.29, 0.717) is 16.5 Å². The fourth-order valence-electron chi connectivity index (χ4n) is 2.95. The largest absolute Gasteiger partial charge is 0.452 e. The van der Waals surface area contributed by atoms with Crippen molar-refractivity contribution in [1.82, 2.24) is 4.98 Å². The van der Waals surface area contributed by atoms with Gasteiger partial charge >= 0.3 is 5.97 Å². The fraction of sp³-hybridized carbons (Fsp3) is 0.0870. The molecule has 0 saturated heterocycles. The van der Waals surface area contributed by atoms with Crippen LogP contribution in [0.15, 0.2) is 82.3 Å². The summed E-state index contributed by atoms with van der Waals surface area (Å²) in [6.07, 6.45) is 3.73. The number of aryl methyl sites for hydroxylation is 1. The molecule has 0 N–H and O–H groups in total. The van der Waals surface area contributed by atoms with Crippen molar-refractivity contribution in [3.63, 3.8) is 0 Å². The zero-order valence-corrected chi connectivity index (χ0v) is 15.2. The van der Waals surface area contributed by atoms with Crippen LogP contribution in [0.2, 0.25) is 0 Å². The van der Waals surface area contributed by atoms with Gasteiger partial charge in [0.1, 0.15) is 5.58 Å². The van der Waals surface area contributed by atoms with E-state index in [1.54, 1.807) is 42.6 Å². The molecule has 4 rings (SSSR count). The lowest BCUT2D eigenvalue weighted by atomic mass is 10.1. The highest BCUT2D eigenvalue weighted by Crippen LogP contribution is 2.31. The normalized spacial score (nSPS) is 10.8. The second-order valence-corrected chi connectivity index (χ2v) is 6.27. The molecule has 0 unspecified atom stereocenters. The van der Waals surface area contributed by atoms with Gasteiger partial charge in [-0.15, -0.1) is 0 Å². The van der Waals surface area contributed by atoms with Crippen molar-refractivity contribution in [2.24, 2.45) is 0 Å². The van der Waals surface area contributed by atoms with Crippen LogP contribution in [-0.4, -0.2) is 11.0 Å². The van der Waals surface area contributed by atoms with Gasteiger partial charge in [-0.1, -0.05) is 43.3 Å². The molecular formula is C23H17NO4. The van der Waals surface area contributed by atoms with Gasteiger partial charge in [0.05, 0.1) is 10.9 Å². The summed E-state index contributed by atoms with van der Waals surface area (Å²) < 4.78 is 11.5. The van der Waals surface area contributed by atoms with E-state index < -0.39 is 5.97 Å². The van der Waals surface area contributed by atoms with E-state index in [4.69, 9.17) is 9.15 Å². The average Bonchev–Trinajstić information content (AvgIpc) is 2.76. The van der Waals surface area contributed by atoms with E-state index >= 15 is 0 Å². The molecule has 5 heteroatoms. The molecule has 0 bridgehead atoms. The molecule has 138 valence electrons. The van der Waals surface area contributed by atoms with E-state index in [-0.39, 0.29) is 22.5 Å². The van der Waals surface area contributed by atoms with Gasteiger partial charge in [-0.3, -0.25) is 9.78 Å². The smallest absolute Gasteiger partial charge is 0.345 e. The highest BCUT2D eigenvalue weighted by Gasteiger charge is 2.21. The van der Waals surface area contributed by atoms with Gasteiger partial charge in [0.2, 0.25) is 11.2 Å². The van der Waals surface area contributed by atoms with Crippen LogP contribution in [0.5, 0.6) is 5.75 Å². The molecule has 0 aliphatic rings. The standard InChI is InChI=1S/C23H17NO4/c1-2-15-10-11-19-18(13-15)20(25)22(21(27-19)16-7-4-3-5-8-16)28-23(26)17-9-6-12-24-14-17/h3-14H,2H2,1H3. The second kappa shape index (κ2) is 7.48. The molecule has 0 fully saturated rings. The maximum Gasteiger partial charge on any atom is 0.345 e. The molecule has 5 nitrogen and oxygen atoms in total. The molecule has 2 aromatic carbocycles. The molecule has 0 saturated carbocycles.